The van der Waals surface area contributed by atoms with E-state index in [4.69, 9.17) is 4.98 Å². The molecule has 2 heterocycles. The first-order valence-corrected chi connectivity index (χ1v) is 12.2. The summed E-state index contributed by atoms with van der Waals surface area (Å²) in [4.78, 5) is 32.6. The zero-order valence-electron chi connectivity index (χ0n) is 17.7. The Kier molecular flexibility index (Phi) is 6.29. The molecule has 1 aliphatic carbocycles. The molecule has 7 heteroatoms. The van der Waals surface area contributed by atoms with Crippen molar-refractivity contribution in [2.24, 2.45) is 0 Å². The van der Waals surface area contributed by atoms with E-state index >= 15 is 0 Å². The van der Waals surface area contributed by atoms with Gasteiger partial charge in [0.1, 0.15) is 4.83 Å². The average Bonchev–Trinajstić information content (AvgIpc) is 3.34. The Hall–Kier alpha value is -2.12. The van der Waals surface area contributed by atoms with E-state index in [9.17, 15) is 9.59 Å². The quantitative estimate of drug-likeness (QED) is 0.436. The Labute approximate surface area is 184 Å². The zero-order chi connectivity index (χ0) is 21.3. The molecule has 1 amide bonds. The molecule has 0 unspecified atom stereocenters. The SMILES string of the molecule is Cc1ccccc1CNC(=O)CSc1nc2sc(C)c(C)c2c(=O)n1C1CCCC1. The van der Waals surface area contributed by atoms with E-state index in [0.29, 0.717) is 11.7 Å². The number of hydrogen-bond donors (Lipinski definition) is 1. The van der Waals surface area contributed by atoms with Crippen molar-refractivity contribution in [3.63, 3.8) is 0 Å². The van der Waals surface area contributed by atoms with Gasteiger partial charge in [-0.1, -0.05) is 48.9 Å². The molecule has 5 nitrogen and oxygen atoms in total. The average molecular weight is 442 g/mol. The van der Waals surface area contributed by atoms with Gasteiger partial charge in [-0.05, 0) is 50.3 Å². The van der Waals surface area contributed by atoms with E-state index in [-0.39, 0.29) is 23.3 Å². The van der Waals surface area contributed by atoms with Gasteiger partial charge in [0.15, 0.2) is 5.16 Å². The predicted octanol–water partition coefficient (Wildman–Crippen LogP) is 4.91. The van der Waals surface area contributed by atoms with Gasteiger partial charge in [-0.2, -0.15) is 0 Å². The third kappa shape index (κ3) is 4.18. The second-order valence-electron chi connectivity index (χ2n) is 7.96. The van der Waals surface area contributed by atoms with E-state index in [2.05, 4.69) is 5.32 Å². The van der Waals surface area contributed by atoms with Crippen LogP contribution >= 0.6 is 23.1 Å². The number of benzene rings is 1. The van der Waals surface area contributed by atoms with Crippen LogP contribution in [0.1, 0.15) is 53.3 Å². The molecule has 2 aromatic heterocycles. The fourth-order valence-electron chi connectivity index (χ4n) is 4.06. The van der Waals surface area contributed by atoms with Gasteiger partial charge in [0.05, 0.1) is 11.1 Å². The topological polar surface area (TPSA) is 64.0 Å². The van der Waals surface area contributed by atoms with Crippen molar-refractivity contribution in [2.75, 3.05) is 5.75 Å². The summed E-state index contributed by atoms with van der Waals surface area (Å²) >= 11 is 2.94. The molecule has 30 heavy (non-hydrogen) atoms. The van der Waals surface area contributed by atoms with Gasteiger partial charge >= 0.3 is 0 Å². The van der Waals surface area contributed by atoms with Crippen LogP contribution < -0.4 is 10.9 Å². The van der Waals surface area contributed by atoms with Gasteiger partial charge in [0.2, 0.25) is 5.91 Å². The van der Waals surface area contributed by atoms with Crippen molar-refractivity contribution in [2.45, 2.75) is 64.2 Å². The summed E-state index contributed by atoms with van der Waals surface area (Å²) in [6.07, 6.45) is 4.28. The number of carbonyl (C=O) groups is 1. The number of rotatable bonds is 6. The molecule has 1 N–H and O–H groups in total. The summed E-state index contributed by atoms with van der Waals surface area (Å²) < 4.78 is 1.87. The Morgan fingerprint density at radius 2 is 1.97 bits per heavy atom. The number of amides is 1. The summed E-state index contributed by atoms with van der Waals surface area (Å²) in [5, 5.41) is 4.41. The zero-order valence-corrected chi connectivity index (χ0v) is 19.3. The Balaban J connectivity index is 1.55. The fraction of sp³-hybridized carbons (Fsp3) is 0.435. The number of thioether (sulfide) groups is 1. The minimum absolute atomic E-state index is 0.0471. The number of aromatic nitrogens is 2. The first kappa shape index (κ1) is 21.1. The molecule has 0 aliphatic heterocycles. The third-order valence-corrected chi connectivity index (χ3v) is 8.02. The van der Waals surface area contributed by atoms with Crippen LogP contribution in [0.3, 0.4) is 0 Å². The number of carbonyl (C=O) groups excluding carboxylic acids is 1. The highest BCUT2D eigenvalue weighted by Gasteiger charge is 2.25. The predicted molar refractivity (Wildman–Crippen MR) is 125 cm³/mol. The normalized spacial score (nSPS) is 14.5. The van der Waals surface area contributed by atoms with Crippen LogP contribution in [-0.4, -0.2) is 21.2 Å². The number of nitrogens with zero attached hydrogens (tertiary/aromatic N) is 2. The molecule has 0 saturated heterocycles. The number of hydrogen-bond acceptors (Lipinski definition) is 5. The smallest absolute Gasteiger partial charge is 0.263 e. The van der Waals surface area contributed by atoms with E-state index in [1.807, 2.05) is 49.6 Å². The molecule has 158 valence electrons. The molecule has 1 fully saturated rings. The van der Waals surface area contributed by atoms with Crippen LogP contribution in [0.15, 0.2) is 34.2 Å². The second-order valence-corrected chi connectivity index (χ2v) is 10.1. The van der Waals surface area contributed by atoms with Crippen LogP contribution in [-0.2, 0) is 11.3 Å². The number of aryl methyl sites for hydroxylation is 3. The highest BCUT2D eigenvalue weighted by Crippen LogP contribution is 2.34. The third-order valence-electron chi connectivity index (χ3n) is 5.96. The van der Waals surface area contributed by atoms with Crippen molar-refractivity contribution in [1.29, 1.82) is 0 Å². The van der Waals surface area contributed by atoms with Crippen molar-refractivity contribution < 1.29 is 4.79 Å². The molecule has 0 radical (unpaired) electrons. The van der Waals surface area contributed by atoms with E-state index in [1.165, 1.54) is 11.8 Å². The van der Waals surface area contributed by atoms with Gasteiger partial charge < -0.3 is 5.32 Å². The van der Waals surface area contributed by atoms with E-state index in [1.54, 1.807) is 11.3 Å². The first-order chi connectivity index (χ1) is 14.5. The molecule has 1 aromatic carbocycles. The fourth-order valence-corrected chi connectivity index (χ4v) is 6.02. The Morgan fingerprint density at radius 3 is 2.70 bits per heavy atom. The van der Waals surface area contributed by atoms with Crippen molar-refractivity contribution in [3.8, 4) is 0 Å². The maximum Gasteiger partial charge on any atom is 0.263 e. The van der Waals surface area contributed by atoms with Crippen LogP contribution in [0.4, 0.5) is 0 Å². The highest BCUT2D eigenvalue weighted by molar-refractivity contribution is 7.99. The number of nitrogens with one attached hydrogen (secondary N) is 1. The van der Waals surface area contributed by atoms with Crippen LogP contribution in [0.25, 0.3) is 10.2 Å². The standard InChI is InChI=1S/C23H27N3O2S2/c1-14-8-4-5-9-17(14)12-24-19(27)13-29-23-25-21-20(15(2)16(3)30-21)22(28)26(23)18-10-6-7-11-18/h4-5,8-9,18H,6-7,10-13H2,1-3H3,(H,24,27). The van der Waals surface area contributed by atoms with Crippen LogP contribution in [0.5, 0.6) is 0 Å². The highest BCUT2D eigenvalue weighted by atomic mass is 32.2. The van der Waals surface area contributed by atoms with Crippen LogP contribution in [0.2, 0.25) is 0 Å². The lowest BCUT2D eigenvalue weighted by atomic mass is 10.1. The molecule has 0 bridgehead atoms. The molecule has 0 atom stereocenters. The first-order valence-electron chi connectivity index (χ1n) is 10.4. The van der Waals surface area contributed by atoms with Gasteiger partial charge in [-0.25, -0.2) is 4.98 Å². The largest absolute Gasteiger partial charge is 0.351 e. The molecule has 1 aliphatic rings. The summed E-state index contributed by atoms with van der Waals surface area (Å²) in [6, 6.07) is 8.23. The second kappa shape index (κ2) is 8.94. The van der Waals surface area contributed by atoms with E-state index < -0.39 is 0 Å². The lowest BCUT2D eigenvalue weighted by molar-refractivity contribution is -0.118. The molecule has 4 rings (SSSR count). The summed E-state index contributed by atoms with van der Waals surface area (Å²) in [7, 11) is 0. The number of fused-ring (bicyclic) bond motifs is 1. The maximum atomic E-state index is 13.4. The Morgan fingerprint density at radius 1 is 1.23 bits per heavy atom. The molecular formula is C23H27N3O2S2. The van der Waals surface area contributed by atoms with E-state index in [0.717, 1.165) is 57.5 Å². The molecule has 3 aromatic rings. The maximum absolute atomic E-state index is 13.4. The van der Waals surface area contributed by atoms with Crippen LogP contribution in [0, 0.1) is 20.8 Å². The van der Waals surface area contributed by atoms with Crippen molar-refractivity contribution in [3.05, 3.63) is 56.2 Å². The molecule has 1 saturated carbocycles. The molecular weight excluding hydrogens is 414 g/mol. The van der Waals surface area contributed by atoms with Gasteiger partial charge in [-0.3, -0.25) is 14.2 Å². The number of thiophene rings is 1. The summed E-state index contributed by atoms with van der Waals surface area (Å²) in [5.74, 6) is 0.203. The molecule has 0 spiro atoms. The van der Waals surface area contributed by atoms with Crippen molar-refractivity contribution in [1.82, 2.24) is 14.9 Å². The summed E-state index contributed by atoms with van der Waals surface area (Å²) in [6.45, 7) is 6.59. The van der Waals surface area contributed by atoms with Crippen molar-refractivity contribution >= 4 is 39.2 Å². The minimum Gasteiger partial charge on any atom is -0.351 e. The lowest BCUT2D eigenvalue weighted by Crippen LogP contribution is -2.28. The van der Waals surface area contributed by atoms with Gasteiger partial charge in [0, 0.05) is 17.5 Å². The minimum atomic E-state index is -0.0471. The van der Waals surface area contributed by atoms with Gasteiger partial charge in [-0.15, -0.1) is 11.3 Å². The monoisotopic (exact) mass is 441 g/mol. The Bertz CT molecular complexity index is 1140. The summed E-state index contributed by atoms with van der Waals surface area (Å²) in [5.41, 5.74) is 3.36. The van der Waals surface area contributed by atoms with Gasteiger partial charge in [0.25, 0.3) is 5.56 Å². The lowest BCUT2D eigenvalue weighted by Gasteiger charge is -2.18.